The second kappa shape index (κ2) is 8.10. The van der Waals surface area contributed by atoms with E-state index in [9.17, 15) is 9.90 Å². The number of amides is 1. The second-order valence-electron chi connectivity index (χ2n) is 5.20. The van der Waals surface area contributed by atoms with Crippen molar-refractivity contribution in [3.05, 3.63) is 48.5 Å². The van der Waals surface area contributed by atoms with Crippen molar-refractivity contribution in [2.24, 2.45) is 5.73 Å². The number of para-hydroxylation sites is 2. The number of nitrogens with one attached hydrogen (secondary N) is 1. The number of carbonyl (C=O) groups excluding carboxylic acids is 1. The summed E-state index contributed by atoms with van der Waals surface area (Å²) in [7, 11) is 0. The van der Waals surface area contributed by atoms with Crippen LogP contribution < -0.4 is 11.1 Å². The number of primary amides is 1. The molecule has 1 aromatic heterocycles. The highest BCUT2D eigenvalue weighted by Gasteiger charge is 2.15. The highest BCUT2D eigenvalue weighted by Crippen LogP contribution is 2.30. The Morgan fingerprint density at radius 1 is 1.08 bits per heavy atom. The molecule has 4 N–H and O–H groups in total. The van der Waals surface area contributed by atoms with Crippen LogP contribution in [0.25, 0.3) is 22.3 Å². The molecule has 0 fully saturated rings. The van der Waals surface area contributed by atoms with Gasteiger partial charge in [-0.25, -0.2) is 9.97 Å². The molecule has 0 spiro atoms. The van der Waals surface area contributed by atoms with Gasteiger partial charge < -0.3 is 16.2 Å². The monoisotopic (exact) mass is 338 g/mol. The van der Waals surface area contributed by atoms with Gasteiger partial charge in [-0.2, -0.15) is 0 Å². The maximum Gasteiger partial charge on any atom is 0.239 e. The third kappa shape index (κ3) is 4.03. The van der Waals surface area contributed by atoms with Crippen LogP contribution >= 0.6 is 0 Å². The lowest BCUT2D eigenvalue weighted by Crippen LogP contribution is -2.32. The van der Waals surface area contributed by atoms with Crippen LogP contribution in [0.2, 0.25) is 0 Å². The Morgan fingerprint density at radius 2 is 1.72 bits per heavy atom. The Hall–Kier alpha value is -3.15. The van der Waals surface area contributed by atoms with Crippen molar-refractivity contribution in [3.63, 3.8) is 0 Å². The number of nitrogens with zero attached hydrogens (tertiary/aromatic N) is 2. The van der Waals surface area contributed by atoms with Gasteiger partial charge in [-0.15, -0.1) is 0 Å². The molecule has 3 rings (SSSR count). The maximum absolute atomic E-state index is 11.3. The molecule has 6 heteroatoms. The number of hydrogen-bond acceptors (Lipinski definition) is 5. The summed E-state index contributed by atoms with van der Waals surface area (Å²) >= 11 is 0. The van der Waals surface area contributed by atoms with E-state index < -0.39 is 11.9 Å². The molecule has 2 aromatic carbocycles. The predicted molar refractivity (Wildman–Crippen MR) is 100 cm³/mol. The fourth-order valence-electron chi connectivity index (χ4n) is 2.25. The van der Waals surface area contributed by atoms with E-state index >= 15 is 0 Å². The van der Waals surface area contributed by atoms with Crippen molar-refractivity contribution in [3.8, 4) is 17.1 Å². The van der Waals surface area contributed by atoms with Crippen LogP contribution in [0.15, 0.2) is 48.5 Å². The maximum atomic E-state index is 11.3. The number of nitrogens with two attached hydrogens (primary N) is 1. The summed E-state index contributed by atoms with van der Waals surface area (Å²) in [5.41, 5.74) is 6.55. The van der Waals surface area contributed by atoms with Gasteiger partial charge in [0.05, 0.1) is 11.1 Å². The molecule has 3 aromatic rings. The van der Waals surface area contributed by atoms with Crippen molar-refractivity contribution < 1.29 is 9.90 Å². The molecule has 1 atom stereocenters. The molecule has 1 unspecified atom stereocenters. The summed E-state index contributed by atoms with van der Waals surface area (Å²) in [5, 5.41) is 13.8. The highest BCUT2D eigenvalue weighted by atomic mass is 16.3. The van der Waals surface area contributed by atoms with Crippen LogP contribution in [0.4, 0.5) is 5.82 Å². The van der Waals surface area contributed by atoms with Crippen LogP contribution in [0.3, 0.4) is 0 Å². The van der Waals surface area contributed by atoms with E-state index in [0.717, 1.165) is 5.39 Å². The van der Waals surface area contributed by atoms with Crippen LogP contribution in [0.1, 0.15) is 20.8 Å². The van der Waals surface area contributed by atoms with E-state index in [4.69, 9.17) is 5.73 Å². The summed E-state index contributed by atoms with van der Waals surface area (Å²) in [6, 6.07) is 13.7. The SMILES string of the molecule is CC.CC(Nc1nc(-c2ccccc2O)nc2ccccc12)C(N)=O. The number of aromatic nitrogens is 2. The molecule has 130 valence electrons. The molecule has 6 nitrogen and oxygen atoms in total. The molecule has 0 radical (unpaired) electrons. The molecule has 1 amide bonds. The number of fused-ring (bicyclic) bond motifs is 1. The molecule has 1 heterocycles. The zero-order chi connectivity index (χ0) is 18.4. The van der Waals surface area contributed by atoms with Crippen molar-refractivity contribution in [2.75, 3.05) is 5.32 Å². The van der Waals surface area contributed by atoms with Gasteiger partial charge in [0.15, 0.2) is 5.82 Å². The number of phenolic OH excluding ortho intramolecular Hbond substituents is 1. The lowest BCUT2D eigenvalue weighted by atomic mass is 10.1. The van der Waals surface area contributed by atoms with Gasteiger partial charge >= 0.3 is 0 Å². The number of anilines is 1. The molecule has 0 saturated heterocycles. The van der Waals surface area contributed by atoms with Crippen molar-refractivity contribution in [1.29, 1.82) is 0 Å². The first-order chi connectivity index (χ1) is 12.1. The third-order valence-corrected chi connectivity index (χ3v) is 3.53. The fraction of sp³-hybridized carbons (Fsp3) is 0.211. The van der Waals surface area contributed by atoms with E-state index in [1.807, 2.05) is 38.1 Å². The van der Waals surface area contributed by atoms with Crippen LogP contribution in [-0.2, 0) is 4.79 Å². The fourth-order valence-corrected chi connectivity index (χ4v) is 2.25. The van der Waals surface area contributed by atoms with Crippen molar-refractivity contribution >= 4 is 22.6 Å². The standard InChI is InChI=1S/C17H16N4O2.C2H6/c1-10(15(18)23)19-16-11-6-2-4-8-13(11)20-17(21-16)12-7-3-5-9-14(12)22;1-2/h2-10,22H,1H3,(H2,18,23)(H,19,20,21);1-2H3. The molecular formula is C19H22N4O2. The van der Waals surface area contributed by atoms with Crippen molar-refractivity contribution in [1.82, 2.24) is 9.97 Å². The Balaban J connectivity index is 0.00000109. The van der Waals surface area contributed by atoms with Crippen LogP contribution in [0, 0.1) is 0 Å². The second-order valence-corrected chi connectivity index (χ2v) is 5.20. The summed E-state index contributed by atoms with van der Waals surface area (Å²) in [6.07, 6.45) is 0. The first-order valence-electron chi connectivity index (χ1n) is 8.17. The van der Waals surface area contributed by atoms with E-state index in [2.05, 4.69) is 15.3 Å². The molecule has 25 heavy (non-hydrogen) atoms. The number of rotatable bonds is 4. The lowest BCUT2D eigenvalue weighted by molar-refractivity contribution is -0.118. The average molecular weight is 338 g/mol. The Morgan fingerprint density at radius 3 is 2.40 bits per heavy atom. The largest absolute Gasteiger partial charge is 0.507 e. The first-order valence-corrected chi connectivity index (χ1v) is 8.17. The van der Waals surface area contributed by atoms with Gasteiger partial charge in [0.2, 0.25) is 5.91 Å². The van der Waals surface area contributed by atoms with Gasteiger partial charge in [-0.1, -0.05) is 38.1 Å². The molecule has 0 aliphatic carbocycles. The zero-order valence-electron chi connectivity index (χ0n) is 14.5. The van der Waals surface area contributed by atoms with Crippen LogP contribution in [-0.4, -0.2) is 27.0 Å². The third-order valence-electron chi connectivity index (χ3n) is 3.53. The normalized spacial score (nSPS) is 11.3. The van der Waals surface area contributed by atoms with Gasteiger partial charge in [-0.3, -0.25) is 4.79 Å². The van der Waals surface area contributed by atoms with E-state index in [-0.39, 0.29) is 5.75 Å². The quantitative estimate of drug-likeness (QED) is 0.677. The average Bonchev–Trinajstić information content (AvgIpc) is 2.63. The predicted octanol–water partition coefficient (Wildman–Crippen LogP) is 3.31. The van der Waals surface area contributed by atoms with E-state index in [1.165, 1.54) is 0 Å². The smallest absolute Gasteiger partial charge is 0.239 e. The minimum Gasteiger partial charge on any atom is -0.507 e. The summed E-state index contributed by atoms with van der Waals surface area (Å²) in [4.78, 5) is 20.3. The Labute approximate surface area is 146 Å². The van der Waals surface area contributed by atoms with Gasteiger partial charge in [0, 0.05) is 5.39 Å². The van der Waals surface area contributed by atoms with Crippen molar-refractivity contribution in [2.45, 2.75) is 26.8 Å². The zero-order valence-corrected chi connectivity index (χ0v) is 14.5. The van der Waals surface area contributed by atoms with Crippen LogP contribution in [0.5, 0.6) is 5.75 Å². The van der Waals surface area contributed by atoms with Gasteiger partial charge in [-0.05, 0) is 31.2 Å². The summed E-state index contributed by atoms with van der Waals surface area (Å²) in [6.45, 7) is 5.67. The number of aromatic hydroxyl groups is 1. The van der Waals surface area contributed by atoms with E-state index in [0.29, 0.717) is 22.7 Å². The van der Waals surface area contributed by atoms with Gasteiger partial charge in [0.1, 0.15) is 17.6 Å². The lowest BCUT2D eigenvalue weighted by Gasteiger charge is -2.14. The number of phenols is 1. The Kier molecular flexibility index (Phi) is 5.89. The Bertz CT molecular complexity index is 880. The number of carbonyl (C=O) groups is 1. The molecule has 0 saturated carbocycles. The minimum absolute atomic E-state index is 0.0941. The van der Waals surface area contributed by atoms with E-state index in [1.54, 1.807) is 31.2 Å². The number of hydrogen-bond donors (Lipinski definition) is 3. The highest BCUT2D eigenvalue weighted by molar-refractivity contribution is 5.93. The molecule has 0 aliphatic rings. The summed E-state index contributed by atoms with van der Waals surface area (Å²) in [5.74, 6) is 0.495. The molecule has 0 bridgehead atoms. The van der Waals surface area contributed by atoms with Gasteiger partial charge in [0.25, 0.3) is 0 Å². The molecular weight excluding hydrogens is 316 g/mol. The summed E-state index contributed by atoms with van der Waals surface area (Å²) < 4.78 is 0. The number of benzene rings is 2. The topological polar surface area (TPSA) is 101 Å². The minimum atomic E-state index is -0.578. The molecule has 0 aliphatic heterocycles. The first kappa shape index (κ1) is 18.2.